The molecule has 0 unspecified atom stereocenters. The van der Waals surface area contributed by atoms with E-state index in [1.165, 1.54) is 48.3 Å². The lowest BCUT2D eigenvalue weighted by Gasteiger charge is -2.08. The first-order valence-corrected chi connectivity index (χ1v) is 15.5. The monoisotopic (exact) mass is 538 g/mol. The van der Waals surface area contributed by atoms with E-state index in [0.717, 1.165) is 33.8 Å². The van der Waals surface area contributed by atoms with Crippen molar-refractivity contribution < 1.29 is 0 Å². The molecule has 0 fully saturated rings. The number of rotatable bonds is 10. The van der Waals surface area contributed by atoms with Crippen molar-refractivity contribution in [2.75, 3.05) is 0 Å². The zero-order valence-corrected chi connectivity index (χ0v) is 24.3. The van der Waals surface area contributed by atoms with Gasteiger partial charge in [0.05, 0.1) is 0 Å². The standard InChI is InChI=1S/C34H34S3/c1-3-5-7-9-17-27-35-31-21-13-11-19-29(31)25-26-30-20-12-14-22-32(30)37-34-24-16-15-23-33(34)36-28-18-10-8-6-4-2/h11-16,19-24H,3-10H2,1-2H3. The van der Waals surface area contributed by atoms with E-state index >= 15 is 0 Å². The van der Waals surface area contributed by atoms with Crippen LogP contribution in [0, 0.1) is 34.2 Å². The number of hydrogen-bond acceptors (Lipinski definition) is 3. The zero-order chi connectivity index (χ0) is 26.0. The smallest absolute Gasteiger partial charge is 0.0394 e. The predicted molar refractivity (Wildman–Crippen MR) is 165 cm³/mol. The van der Waals surface area contributed by atoms with Crippen molar-refractivity contribution >= 4 is 35.3 Å². The molecule has 0 saturated carbocycles. The minimum atomic E-state index is 0.962. The minimum absolute atomic E-state index is 0.962. The van der Waals surface area contributed by atoms with Crippen LogP contribution in [0.1, 0.15) is 76.3 Å². The van der Waals surface area contributed by atoms with Gasteiger partial charge in [-0.15, -0.1) is 0 Å². The Hall–Kier alpha value is -2.61. The summed E-state index contributed by atoms with van der Waals surface area (Å²) < 4.78 is 0. The van der Waals surface area contributed by atoms with Crippen molar-refractivity contribution in [2.24, 2.45) is 0 Å². The first kappa shape index (κ1) is 29.0. The zero-order valence-electron chi connectivity index (χ0n) is 21.8. The molecule has 0 amide bonds. The molecule has 0 spiro atoms. The Morgan fingerprint density at radius 1 is 0.514 bits per heavy atom. The lowest BCUT2D eigenvalue weighted by molar-refractivity contribution is 0.737. The van der Waals surface area contributed by atoms with Crippen LogP contribution in [-0.4, -0.2) is 0 Å². The highest BCUT2D eigenvalue weighted by atomic mass is 32.2. The number of thioether (sulfide) groups is 2. The number of unbranched alkanes of at least 4 members (excludes halogenated alkanes) is 6. The van der Waals surface area contributed by atoms with Crippen LogP contribution >= 0.6 is 35.3 Å². The Morgan fingerprint density at radius 2 is 0.973 bits per heavy atom. The minimum Gasteiger partial charge on any atom is -0.0909 e. The molecular weight excluding hydrogens is 505 g/mol. The SMILES string of the molecule is CCCCCC#CSc1ccccc1C#Cc1ccccc1Sc1ccccc1SC#CCCCCC. The second kappa shape index (κ2) is 17.8. The third-order valence-corrected chi connectivity index (χ3v) is 8.38. The Balaban J connectivity index is 1.73. The van der Waals surface area contributed by atoms with Crippen molar-refractivity contribution in [3.05, 3.63) is 83.9 Å². The van der Waals surface area contributed by atoms with Gasteiger partial charge in [-0.3, -0.25) is 0 Å². The summed E-state index contributed by atoms with van der Waals surface area (Å²) in [5, 5.41) is 6.56. The van der Waals surface area contributed by atoms with Crippen LogP contribution in [0.4, 0.5) is 0 Å². The molecule has 0 atom stereocenters. The van der Waals surface area contributed by atoms with Crippen LogP contribution in [0.3, 0.4) is 0 Å². The maximum atomic E-state index is 3.43. The fraction of sp³-hybridized carbons (Fsp3) is 0.294. The summed E-state index contributed by atoms with van der Waals surface area (Å²) in [5.74, 6) is 13.4. The van der Waals surface area contributed by atoms with E-state index < -0.39 is 0 Å². The van der Waals surface area contributed by atoms with E-state index in [2.05, 4.69) is 115 Å². The van der Waals surface area contributed by atoms with E-state index in [0.29, 0.717) is 0 Å². The molecule has 0 radical (unpaired) electrons. The average molecular weight is 539 g/mol. The molecule has 0 nitrogen and oxygen atoms in total. The van der Waals surface area contributed by atoms with Crippen LogP contribution in [0.5, 0.6) is 0 Å². The summed E-state index contributed by atoms with van der Waals surface area (Å²) in [4.78, 5) is 4.67. The summed E-state index contributed by atoms with van der Waals surface area (Å²) in [7, 11) is 0. The van der Waals surface area contributed by atoms with Crippen LogP contribution in [0.15, 0.2) is 92.4 Å². The van der Waals surface area contributed by atoms with E-state index in [1.807, 2.05) is 6.07 Å². The molecule has 0 heterocycles. The van der Waals surface area contributed by atoms with Crippen LogP contribution in [0.2, 0.25) is 0 Å². The molecule has 0 aliphatic carbocycles. The lowest BCUT2D eigenvalue weighted by atomic mass is 10.2. The fourth-order valence-corrected chi connectivity index (χ4v) is 5.84. The topological polar surface area (TPSA) is 0 Å². The van der Waals surface area contributed by atoms with E-state index in [9.17, 15) is 0 Å². The highest BCUT2D eigenvalue weighted by Gasteiger charge is 2.07. The summed E-state index contributed by atoms with van der Waals surface area (Å²) in [6.07, 6.45) is 9.24. The van der Waals surface area contributed by atoms with Gasteiger partial charge in [-0.05, 0) is 83.3 Å². The first-order valence-electron chi connectivity index (χ1n) is 13.1. The quantitative estimate of drug-likeness (QED) is 0.143. The third-order valence-electron chi connectivity index (χ3n) is 5.45. The van der Waals surface area contributed by atoms with Gasteiger partial charge in [0, 0.05) is 43.6 Å². The maximum Gasteiger partial charge on any atom is 0.0394 e. The fourth-order valence-electron chi connectivity index (χ4n) is 3.40. The van der Waals surface area contributed by atoms with E-state index in [1.54, 1.807) is 35.3 Å². The van der Waals surface area contributed by atoms with Gasteiger partial charge in [-0.2, -0.15) is 0 Å². The van der Waals surface area contributed by atoms with Crippen molar-refractivity contribution in [3.8, 4) is 34.2 Å². The lowest BCUT2D eigenvalue weighted by Crippen LogP contribution is -1.84. The Labute approximate surface area is 237 Å². The van der Waals surface area contributed by atoms with Crippen molar-refractivity contribution in [1.29, 1.82) is 0 Å². The predicted octanol–water partition coefficient (Wildman–Crippen LogP) is 10.5. The summed E-state index contributed by atoms with van der Waals surface area (Å²) in [6, 6.07) is 25.1. The molecule has 0 aliphatic rings. The molecule has 0 aliphatic heterocycles. The molecule has 0 bridgehead atoms. The van der Waals surface area contributed by atoms with Crippen molar-refractivity contribution in [1.82, 2.24) is 0 Å². The summed E-state index contributed by atoms with van der Waals surface area (Å²) >= 11 is 4.96. The molecule has 3 aromatic rings. The van der Waals surface area contributed by atoms with Crippen LogP contribution < -0.4 is 0 Å². The molecule has 0 saturated heterocycles. The van der Waals surface area contributed by atoms with Gasteiger partial charge in [0.15, 0.2) is 0 Å². The van der Waals surface area contributed by atoms with Crippen LogP contribution in [-0.2, 0) is 0 Å². The van der Waals surface area contributed by atoms with E-state index in [4.69, 9.17) is 0 Å². The maximum absolute atomic E-state index is 3.43. The highest BCUT2D eigenvalue weighted by Crippen LogP contribution is 2.36. The molecule has 37 heavy (non-hydrogen) atoms. The van der Waals surface area contributed by atoms with E-state index in [-0.39, 0.29) is 0 Å². The van der Waals surface area contributed by atoms with Gasteiger partial charge >= 0.3 is 0 Å². The Morgan fingerprint density at radius 3 is 1.57 bits per heavy atom. The Bertz CT molecular complexity index is 1310. The first-order chi connectivity index (χ1) is 18.3. The number of benzene rings is 3. The number of hydrogen-bond donors (Lipinski definition) is 0. The second-order valence-corrected chi connectivity index (χ2v) is 11.2. The van der Waals surface area contributed by atoms with Crippen molar-refractivity contribution in [2.45, 2.75) is 84.8 Å². The largest absolute Gasteiger partial charge is 0.0909 e. The van der Waals surface area contributed by atoms with Gasteiger partial charge in [0.1, 0.15) is 0 Å². The highest BCUT2D eigenvalue weighted by molar-refractivity contribution is 8.05. The van der Waals surface area contributed by atoms with Gasteiger partial charge < -0.3 is 0 Å². The molecule has 3 heteroatoms. The average Bonchev–Trinajstić information content (AvgIpc) is 2.93. The molecule has 3 aromatic carbocycles. The van der Waals surface area contributed by atoms with Crippen molar-refractivity contribution in [3.63, 3.8) is 0 Å². The van der Waals surface area contributed by atoms with Gasteiger partial charge in [0.2, 0.25) is 0 Å². The normalized spacial score (nSPS) is 9.89. The summed E-state index contributed by atoms with van der Waals surface area (Å²) in [6.45, 7) is 4.44. The molecule has 3 rings (SSSR count). The van der Waals surface area contributed by atoms with Gasteiger partial charge in [0.25, 0.3) is 0 Å². The second-order valence-electron chi connectivity index (χ2n) is 8.47. The molecule has 188 valence electrons. The molecule has 0 aromatic heterocycles. The van der Waals surface area contributed by atoms with Gasteiger partial charge in [-0.25, -0.2) is 0 Å². The Kier molecular flexibility index (Phi) is 13.9. The van der Waals surface area contributed by atoms with Crippen LogP contribution in [0.25, 0.3) is 0 Å². The third kappa shape index (κ3) is 10.7. The molecular formula is C34H34S3. The molecule has 0 N–H and O–H groups in total. The summed E-state index contributed by atoms with van der Waals surface area (Å²) in [5.41, 5.74) is 2.05. The van der Waals surface area contributed by atoms with Gasteiger partial charge in [-0.1, -0.05) is 111 Å².